The fraction of sp³-hybridized carbons (Fsp3) is 0.833. The van der Waals surface area contributed by atoms with Gasteiger partial charge in [0.05, 0.1) is 13.2 Å². The van der Waals surface area contributed by atoms with E-state index in [0.717, 1.165) is 19.6 Å². The number of hydrogen-bond donors (Lipinski definition) is 0. The molecule has 0 bridgehead atoms. The quantitative estimate of drug-likeness (QED) is 0.457. The molecule has 0 saturated carbocycles. The topological polar surface area (TPSA) is 18.5 Å². The highest BCUT2D eigenvalue weighted by Crippen LogP contribution is 2.29. The second kappa shape index (κ2) is 1.71. The summed E-state index contributed by atoms with van der Waals surface area (Å²) in [5.41, 5.74) is 0. The monoisotopic (exact) mass is 113 g/mol. The van der Waals surface area contributed by atoms with E-state index in [1.54, 1.807) is 0 Å². The molecular weight excluding hydrogens is 104 g/mol. The zero-order valence-corrected chi connectivity index (χ0v) is 4.67. The van der Waals surface area contributed by atoms with Gasteiger partial charge in [-0.15, -0.1) is 0 Å². The van der Waals surface area contributed by atoms with E-state index in [0.29, 0.717) is 5.92 Å². The van der Waals surface area contributed by atoms with Gasteiger partial charge < -0.3 is 9.47 Å². The molecule has 2 atom stereocenters. The Labute approximate surface area is 48.8 Å². The molecule has 0 aromatic rings. The Morgan fingerprint density at radius 1 is 1.38 bits per heavy atom. The second-order valence-electron chi connectivity index (χ2n) is 2.26. The van der Waals surface area contributed by atoms with Gasteiger partial charge in [-0.05, 0) is 12.8 Å². The first-order valence-corrected chi connectivity index (χ1v) is 3.03. The Morgan fingerprint density at radius 3 is 3.25 bits per heavy atom. The molecule has 0 amide bonds. The maximum absolute atomic E-state index is 5.22. The van der Waals surface area contributed by atoms with Crippen LogP contribution in [-0.2, 0) is 9.47 Å². The third-order valence-electron chi connectivity index (χ3n) is 1.74. The highest BCUT2D eigenvalue weighted by atomic mass is 16.7. The SMILES string of the molecule is [CH]1COC2OCCC12. The minimum absolute atomic E-state index is 0.120. The van der Waals surface area contributed by atoms with Crippen LogP contribution in [0.5, 0.6) is 0 Å². The smallest absolute Gasteiger partial charge is 0.160 e. The molecule has 0 aromatic carbocycles. The normalized spacial score (nSPS) is 45.0. The summed E-state index contributed by atoms with van der Waals surface area (Å²) in [5.74, 6) is 0.606. The van der Waals surface area contributed by atoms with Crippen LogP contribution in [0, 0.1) is 12.3 Å². The lowest BCUT2D eigenvalue weighted by Gasteiger charge is -2.03. The fourth-order valence-electron chi connectivity index (χ4n) is 1.25. The lowest BCUT2D eigenvalue weighted by atomic mass is 10.1. The van der Waals surface area contributed by atoms with Crippen molar-refractivity contribution in [2.45, 2.75) is 12.7 Å². The van der Waals surface area contributed by atoms with E-state index < -0.39 is 0 Å². The van der Waals surface area contributed by atoms with Gasteiger partial charge in [0.1, 0.15) is 0 Å². The van der Waals surface area contributed by atoms with E-state index in [-0.39, 0.29) is 6.29 Å². The molecule has 2 fully saturated rings. The minimum Gasteiger partial charge on any atom is -0.352 e. The molecule has 2 unspecified atom stereocenters. The summed E-state index contributed by atoms with van der Waals surface area (Å²) in [7, 11) is 0. The Kier molecular flexibility index (Phi) is 1.02. The summed E-state index contributed by atoms with van der Waals surface area (Å²) in [4.78, 5) is 0. The number of rotatable bonds is 0. The van der Waals surface area contributed by atoms with Crippen LogP contribution < -0.4 is 0 Å². The zero-order valence-electron chi connectivity index (χ0n) is 4.67. The van der Waals surface area contributed by atoms with Crippen molar-refractivity contribution in [2.75, 3.05) is 13.2 Å². The third kappa shape index (κ3) is 0.565. The Hall–Kier alpha value is -0.0800. The van der Waals surface area contributed by atoms with Gasteiger partial charge in [-0.2, -0.15) is 0 Å². The van der Waals surface area contributed by atoms with Gasteiger partial charge in [0.2, 0.25) is 0 Å². The largest absolute Gasteiger partial charge is 0.352 e. The first-order valence-electron chi connectivity index (χ1n) is 3.03. The highest BCUT2D eigenvalue weighted by Gasteiger charge is 2.33. The van der Waals surface area contributed by atoms with Crippen LogP contribution in [0.4, 0.5) is 0 Å². The first kappa shape index (κ1) is 4.77. The van der Waals surface area contributed by atoms with Crippen LogP contribution in [0.3, 0.4) is 0 Å². The van der Waals surface area contributed by atoms with Crippen LogP contribution in [0.25, 0.3) is 0 Å². The van der Waals surface area contributed by atoms with Gasteiger partial charge in [0.25, 0.3) is 0 Å². The Balaban J connectivity index is 2.04. The number of ether oxygens (including phenoxy) is 2. The lowest BCUT2D eigenvalue weighted by molar-refractivity contribution is -0.0904. The molecule has 2 nitrogen and oxygen atoms in total. The summed E-state index contributed by atoms with van der Waals surface area (Å²) in [6.07, 6.45) is 3.47. The van der Waals surface area contributed by atoms with E-state index in [2.05, 4.69) is 6.42 Å². The predicted molar refractivity (Wildman–Crippen MR) is 28.1 cm³/mol. The summed E-state index contributed by atoms with van der Waals surface area (Å²) in [6, 6.07) is 0. The highest BCUT2D eigenvalue weighted by molar-refractivity contribution is 4.87. The van der Waals surface area contributed by atoms with Crippen LogP contribution >= 0.6 is 0 Å². The van der Waals surface area contributed by atoms with Crippen molar-refractivity contribution in [2.24, 2.45) is 5.92 Å². The molecule has 45 valence electrons. The molecular formula is C6H9O2. The van der Waals surface area contributed by atoms with Crippen molar-refractivity contribution in [1.29, 1.82) is 0 Å². The summed E-state index contributed by atoms with van der Waals surface area (Å²) >= 11 is 0. The number of hydrogen-bond acceptors (Lipinski definition) is 2. The van der Waals surface area contributed by atoms with Crippen LogP contribution in [0.2, 0.25) is 0 Å². The minimum atomic E-state index is 0.120. The van der Waals surface area contributed by atoms with Crippen LogP contribution in [0.1, 0.15) is 6.42 Å². The van der Waals surface area contributed by atoms with Gasteiger partial charge in [0.15, 0.2) is 6.29 Å². The average molecular weight is 113 g/mol. The van der Waals surface area contributed by atoms with Crippen molar-refractivity contribution in [1.82, 2.24) is 0 Å². The summed E-state index contributed by atoms with van der Waals surface area (Å²) in [6.45, 7) is 1.67. The molecule has 2 heterocycles. The third-order valence-corrected chi connectivity index (χ3v) is 1.74. The fourth-order valence-corrected chi connectivity index (χ4v) is 1.25. The number of fused-ring (bicyclic) bond motifs is 1. The molecule has 2 saturated heterocycles. The maximum Gasteiger partial charge on any atom is 0.160 e. The molecule has 2 heteroatoms. The van der Waals surface area contributed by atoms with E-state index in [1.165, 1.54) is 0 Å². The molecule has 0 aliphatic carbocycles. The van der Waals surface area contributed by atoms with Crippen molar-refractivity contribution >= 4 is 0 Å². The Bertz CT molecular complexity index is 72.5. The molecule has 8 heavy (non-hydrogen) atoms. The van der Waals surface area contributed by atoms with Crippen LogP contribution in [0.15, 0.2) is 0 Å². The van der Waals surface area contributed by atoms with Gasteiger partial charge >= 0.3 is 0 Å². The van der Waals surface area contributed by atoms with E-state index in [4.69, 9.17) is 9.47 Å². The lowest BCUT2D eigenvalue weighted by Crippen LogP contribution is -2.09. The molecule has 2 rings (SSSR count). The summed E-state index contributed by atoms with van der Waals surface area (Å²) in [5, 5.41) is 0. The van der Waals surface area contributed by atoms with E-state index in [9.17, 15) is 0 Å². The van der Waals surface area contributed by atoms with E-state index in [1.807, 2.05) is 0 Å². The molecule has 0 aromatic heterocycles. The first-order chi connectivity index (χ1) is 3.97. The predicted octanol–water partition coefficient (Wildman–Crippen LogP) is 0.583. The van der Waals surface area contributed by atoms with Crippen molar-refractivity contribution in [3.05, 3.63) is 6.42 Å². The Morgan fingerprint density at radius 2 is 2.38 bits per heavy atom. The standard InChI is InChI=1S/C6H9O2/c1-3-7-6-5(1)2-4-8-6/h1,5-6H,2-4H2. The average Bonchev–Trinajstić information content (AvgIpc) is 2.15. The van der Waals surface area contributed by atoms with Crippen molar-refractivity contribution in [3.63, 3.8) is 0 Å². The summed E-state index contributed by atoms with van der Waals surface area (Å²) < 4.78 is 10.4. The zero-order chi connectivity index (χ0) is 5.40. The molecule has 0 N–H and O–H groups in total. The maximum atomic E-state index is 5.22. The molecule has 1 radical (unpaired) electrons. The second-order valence-corrected chi connectivity index (χ2v) is 2.26. The molecule has 0 spiro atoms. The van der Waals surface area contributed by atoms with Gasteiger partial charge in [-0.3, -0.25) is 0 Å². The van der Waals surface area contributed by atoms with Gasteiger partial charge in [-0.25, -0.2) is 0 Å². The molecule has 2 aliphatic rings. The molecule has 2 aliphatic heterocycles. The van der Waals surface area contributed by atoms with Crippen molar-refractivity contribution in [3.8, 4) is 0 Å². The van der Waals surface area contributed by atoms with Crippen molar-refractivity contribution < 1.29 is 9.47 Å². The van der Waals surface area contributed by atoms with E-state index >= 15 is 0 Å². The van der Waals surface area contributed by atoms with Crippen LogP contribution in [-0.4, -0.2) is 19.5 Å². The van der Waals surface area contributed by atoms with Gasteiger partial charge in [-0.1, -0.05) is 0 Å². The van der Waals surface area contributed by atoms with Gasteiger partial charge in [0, 0.05) is 5.92 Å².